The molecule has 8 nitrogen and oxygen atoms in total. The molecule has 0 bridgehead atoms. The average molecular weight is 574 g/mol. The molecule has 0 saturated carbocycles. The number of nitrogens with zero attached hydrogens (tertiary/aromatic N) is 2. The van der Waals surface area contributed by atoms with E-state index in [9.17, 15) is 18.0 Å². The number of hydrogen-bond acceptors (Lipinski definition) is 6. The van der Waals surface area contributed by atoms with Gasteiger partial charge in [-0.1, -0.05) is 35.9 Å². The maximum absolute atomic E-state index is 13.0. The Bertz CT molecular complexity index is 1380. The lowest BCUT2D eigenvalue weighted by molar-refractivity contribution is -0.114. The number of para-hydroxylation sites is 1. The highest BCUT2D eigenvalue weighted by Crippen LogP contribution is 2.30. The average Bonchev–Trinajstić information content (AvgIpc) is 2.92. The minimum absolute atomic E-state index is 0.142. The fraction of sp³-hybridized carbons (Fsp3) is 0.259. The van der Waals surface area contributed by atoms with Gasteiger partial charge in [-0.3, -0.25) is 13.9 Å². The summed E-state index contributed by atoms with van der Waals surface area (Å²) in [7, 11) is -3.77. The van der Waals surface area contributed by atoms with Gasteiger partial charge in [0.25, 0.3) is 5.91 Å². The monoisotopic (exact) mass is 573 g/mol. The Morgan fingerprint density at radius 3 is 2.32 bits per heavy atom. The molecular formula is C27H28ClN3O5S2. The summed E-state index contributed by atoms with van der Waals surface area (Å²) in [6.07, 6.45) is 1.04. The number of thioether (sulfide) groups is 1. The first kappa shape index (κ1) is 28.0. The van der Waals surface area contributed by atoms with Crippen molar-refractivity contribution in [3.63, 3.8) is 0 Å². The van der Waals surface area contributed by atoms with Crippen molar-refractivity contribution in [1.82, 2.24) is 4.90 Å². The Labute approximate surface area is 232 Å². The quantitative estimate of drug-likeness (QED) is 0.378. The van der Waals surface area contributed by atoms with E-state index in [1.54, 1.807) is 40.9 Å². The number of carbonyl (C=O) groups excluding carboxylic acids is 2. The third kappa shape index (κ3) is 7.50. The van der Waals surface area contributed by atoms with Gasteiger partial charge in [0.15, 0.2) is 0 Å². The van der Waals surface area contributed by atoms with E-state index in [1.165, 1.54) is 12.1 Å². The predicted molar refractivity (Wildman–Crippen MR) is 151 cm³/mol. The maximum atomic E-state index is 13.0. The van der Waals surface area contributed by atoms with Crippen LogP contribution in [-0.4, -0.2) is 64.2 Å². The van der Waals surface area contributed by atoms with Gasteiger partial charge in [-0.15, -0.1) is 11.8 Å². The molecule has 0 spiro atoms. The first-order valence-corrected chi connectivity index (χ1v) is 15.1. The van der Waals surface area contributed by atoms with Crippen molar-refractivity contribution in [2.24, 2.45) is 0 Å². The van der Waals surface area contributed by atoms with Crippen LogP contribution in [0.5, 0.6) is 0 Å². The largest absolute Gasteiger partial charge is 0.378 e. The fourth-order valence-electron chi connectivity index (χ4n) is 3.88. The number of halogens is 1. The first-order valence-electron chi connectivity index (χ1n) is 11.9. The second-order valence-electron chi connectivity index (χ2n) is 8.68. The van der Waals surface area contributed by atoms with E-state index in [0.29, 0.717) is 54.0 Å². The van der Waals surface area contributed by atoms with Crippen LogP contribution in [0.15, 0.2) is 77.7 Å². The molecule has 11 heteroatoms. The number of benzene rings is 3. The fourth-order valence-corrected chi connectivity index (χ4v) is 5.82. The van der Waals surface area contributed by atoms with E-state index in [2.05, 4.69) is 5.32 Å². The van der Waals surface area contributed by atoms with Gasteiger partial charge in [0.05, 0.1) is 30.8 Å². The van der Waals surface area contributed by atoms with Crippen molar-refractivity contribution in [2.45, 2.75) is 10.6 Å². The van der Waals surface area contributed by atoms with Crippen LogP contribution in [0, 0.1) is 0 Å². The number of morpholine rings is 1. The molecule has 1 saturated heterocycles. The summed E-state index contributed by atoms with van der Waals surface area (Å²) in [5, 5.41) is 3.51. The summed E-state index contributed by atoms with van der Waals surface area (Å²) in [6.45, 7) is 1.59. The Hall–Kier alpha value is -3.05. The Morgan fingerprint density at radius 2 is 1.66 bits per heavy atom. The van der Waals surface area contributed by atoms with Crippen LogP contribution >= 0.6 is 23.4 Å². The molecule has 1 heterocycles. The van der Waals surface area contributed by atoms with Gasteiger partial charge in [-0.05, 0) is 54.1 Å². The van der Waals surface area contributed by atoms with Crippen LogP contribution in [0.4, 0.5) is 11.4 Å². The molecule has 0 unspecified atom stereocenters. The normalized spacial score (nSPS) is 13.7. The van der Waals surface area contributed by atoms with Crippen molar-refractivity contribution in [3.8, 4) is 0 Å². The second kappa shape index (κ2) is 12.7. The highest BCUT2D eigenvalue weighted by atomic mass is 35.5. The number of amides is 2. The van der Waals surface area contributed by atoms with Gasteiger partial charge in [-0.25, -0.2) is 8.42 Å². The van der Waals surface area contributed by atoms with Gasteiger partial charge >= 0.3 is 0 Å². The number of nitrogens with one attached hydrogen (secondary N) is 1. The minimum atomic E-state index is -3.77. The number of rotatable bonds is 9. The summed E-state index contributed by atoms with van der Waals surface area (Å²) in [4.78, 5) is 28.2. The zero-order valence-corrected chi connectivity index (χ0v) is 23.2. The van der Waals surface area contributed by atoms with Gasteiger partial charge in [0.2, 0.25) is 15.9 Å². The number of hydrogen-bond donors (Lipinski definition) is 1. The first-order chi connectivity index (χ1) is 18.2. The number of sulfonamides is 1. The number of anilines is 2. The predicted octanol–water partition coefficient (Wildman–Crippen LogP) is 4.51. The van der Waals surface area contributed by atoms with Gasteiger partial charge in [-0.2, -0.15) is 0 Å². The SMILES string of the molecule is CS(=O)(=O)N(CC(=O)Nc1ccccc1SCc1ccc(Cl)cc1)c1ccc(C(=O)N2CCOCC2)cc1. The number of carbonyl (C=O) groups is 2. The topological polar surface area (TPSA) is 96.0 Å². The second-order valence-corrected chi connectivity index (χ2v) is 12.0. The lowest BCUT2D eigenvalue weighted by Gasteiger charge is -2.27. The lowest BCUT2D eigenvalue weighted by atomic mass is 10.1. The molecule has 1 aliphatic heterocycles. The van der Waals surface area contributed by atoms with Crippen LogP contribution in [-0.2, 0) is 25.3 Å². The van der Waals surface area contributed by atoms with Crippen molar-refractivity contribution in [3.05, 3.63) is 88.9 Å². The molecule has 1 fully saturated rings. The molecule has 0 aromatic heterocycles. The summed E-state index contributed by atoms with van der Waals surface area (Å²) in [6, 6.07) is 21.1. The summed E-state index contributed by atoms with van der Waals surface area (Å²) >= 11 is 7.51. The molecule has 0 radical (unpaired) electrons. The van der Waals surface area contributed by atoms with Crippen molar-refractivity contribution in [2.75, 3.05) is 48.7 Å². The Kier molecular flexibility index (Phi) is 9.32. The zero-order valence-electron chi connectivity index (χ0n) is 20.8. The van der Waals surface area contributed by atoms with Crippen LogP contribution in [0.3, 0.4) is 0 Å². The molecule has 3 aromatic carbocycles. The van der Waals surface area contributed by atoms with Crippen LogP contribution in [0.1, 0.15) is 15.9 Å². The van der Waals surface area contributed by atoms with Gasteiger partial charge in [0, 0.05) is 34.3 Å². The van der Waals surface area contributed by atoms with Crippen molar-refractivity contribution in [1.29, 1.82) is 0 Å². The molecule has 0 atom stereocenters. The molecule has 2 amide bonds. The van der Waals surface area contributed by atoms with E-state index in [4.69, 9.17) is 16.3 Å². The summed E-state index contributed by atoms with van der Waals surface area (Å²) < 4.78 is 31.5. The zero-order chi connectivity index (χ0) is 27.1. The molecule has 4 rings (SSSR count). The summed E-state index contributed by atoms with van der Waals surface area (Å²) in [5.41, 5.74) is 2.42. The molecular weight excluding hydrogens is 546 g/mol. The van der Waals surface area contributed by atoms with E-state index in [1.807, 2.05) is 36.4 Å². The van der Waals surface area contributed by atoms with Crippen LogP contribution in [0.2, 0.25) is 5.02 Å². The van der Waals surface area contributed by atoms with Crippen molar-refractivity contribution >= 4 is 56.6 Å². The molecule has 3 aromatic rings. The third-order valence-electron chi connectivity index (χ3n) is 5.86. The lowest BCUT2D eigenvalue weighted by Crippen LogP contribution is -2.40. The van der Waals surface area contributed by atoms with E-state index >= 15 is 0 Å². The third-order valence-corrected chi connectivity index (χ3v) is 8.39. The molecule has 200 valence electrons. The van der Waals surface area contributed by atoms with Crippen LogP contribution < -0.4 is 9.62 Å². The highest BCUT2D eigenvalue weighted by Gasteiger charge is 2.23. The van der Waals surface area contributed by atoms with E-state index in [0.717, 1.165) is 21.0 Å². The van der Waals surface area contributed by atoms with Crippen LogP contribution in [0.25, 0.3) is 0 Å². The standard InChI is InChI=1S/C27H28ClN3O5S2/c1-38(34,35)31(23-12-8-21(9-13-23)27(33)30-14-16-36-17-15-30)18-26(32)29-24-4-2-3-5-25(24)37-19-20-6-10-22(28)11-7-20/h2-13H,14-19H2,1H3,(H,29,32). The molecule has 38 heavy (non-hydrogen) atoms. The van der Waals surface area contributed by atoms with E-state index in [-0.39, 0.29) is 5.91 Å². The molecule has 1 N–H and O–H groups in total. The minimum Gasteiger partial charge on any atom is -0.378 e. The highest BCUT2D eigenvalue weighted by molar-refractivity contribution is 7.98. The Balaban J connectivity index is 1.43. The maximum Gasteiger partial charge on any atom is 0.254 e. The van der Waals surface area contributed by atoms with E-state index < -0.39 is 22.5 Å². The number of ether oxygens (including phenoxy) is 1. The van der Waals surface area contributed by atoms with Gasteiger partial charge in [0.1, 0.15) is 6.54 Å². The molecule has 1 aliphatic rings. The molecule has 0 aliphatic carbocycles. The summed E-state index contributed by atoms with van der Waals surface area (Å²) in [5.74, 6) is 0.0503. The Morgan fingerprint density at radius 1 is 1.00 bits per heavy atom. The smallest absolute Gasteiger partial charge is 0.254 e. The van der Waals surface area contributed by atoms with Crippen molar-refractivity contribution < 1.29 is 22.7 Å². The van der Waals surface area contributed by atoms with Gasteiger partial charge < -0.3 is 15.0 Å².